The van der Waals surface area contributed by atoms with Crippen molar-refractivity contribution in [3.63, 3.8) is 0 Å². The lowest BCUT2D eigenvalue weighted by Crippen LogP contribution is -2.52. The van der Waals surface area contributed by atoms with Crippen LogP contribution in [-0.4, -0.2) is 43.8 Å². The third-order valence-electron chi connectivity index (χ3n) is 6.86. The first-order valence-electron chi connectivity index (χ1n) is 12.9. The number of aryl methyl sites for hydroxylation is 2. The Bertz CT molecular complexity index is 1410. The number of halogens is 1. The van der Waals surface area contributed by atoms with Gasteiger partial charge in [-0.1, -0.05) is 61.0 Å². The SMILES string of the molecule is CCC(C)NC(=O)C(C)N(Cc1ccccc1Cl)C(=O)CN(c1ccc(C)c(C)c1)S(=O)(=O)c1ccccc1. The summed E-state index contributed by atoms with van der Waals surface area (Å²) in [5, 5.41) is 3.37. The summed E-state index contributed by atoms with van der Waals surface area (Å²) in [5.74, 6) is -0.854. The summed E-state index contributed by atoms with van der Waals surface area (Å²) in [7, 11) is -4.10. The second-order valence-corrected chi connectivity index (χ2v) is 12.0. The zero-order valence-electron chi connectivity index (χ0n) is 23.0. The van der Waals surface area contributed by atoms with E-state index in [4.69, 9.17) is 11.6 Å². The molecule has 1 N–H and O–H groups in total. The Morgan fingerprint density at radius 2 is 1.56 bits per heavy atom. The van der Waals surface area contributed by atoms with Crippen LogP contribution in [-0.2, 0) is 26.2 Å². The number of amides is 2. The van der Waals surface area contributed by atoms with Crippen LogP contribution in [0.25, 0.3) is 0 Å². The van der Waals surface area contributed by atoms with Crippen molar-refractivity contribution in [2.24, 2.45) is 0 Å². The number of sulfonamides is 1. The molecule has 0 radical (unpaired) electrons. The molecule has 2 atom stereocenters. The first-order valence-corrected chi connectivity index (χ1v) is 14.8. The van der Waals surface area contributed by atoms with Crippen molar-refractivity contribution < 1.29 is 18.0 Å². The molecule has 3 rings (SSSR count). The van der Waals surface area contributed by atoms with Crippen LogP contribution in [0.4, 0.5) is 5.69 Å². The van der Waals surface area contributed by atoms with Gasteiger partial charge in [-0.15, -0.1) is 0 Å². The number of rotatable bonds is 11. The first-order chi connectivity index (χ1) is 18.4. The predicted octanol–water partition coefficient (Wildman–Crippen LogP) is 5.48. The van der Waals surface area contributed by atoms with Gasteiger partial charge in [0.15, 0.2) is 0 Å². The number of carbonyl (C=O) groups is 2. The molecule has 9 heteroatoms. The monoisotopic (exact) mass is 569 g/mol. The Labute approximate surface area is 236 Å². The van der Waals surface area contributed by atoms with Gasteiger partial charge in [-0.2, -0.15) is 0 Å². The van der Waals surface area contributed by atoms with Crippen molar-refractivity contribution in [2.45, 2.75) is 64.6 Å². The summed E-state index contributed by atoms with van der Waals surface area (Å²) in [6, 6.07) is 19.4. The molecular weight excluding hydrogens is 534 g/mol. The maximum absolute atomic E-state index is 14.0. The maximum atomic E-state index is 14.0. The van der Waals surface area contributed by atoms with Gasteiger partial charge in [0.25, 0.3) is 10.0 Å². The van der Waals surface area contributed by atoms with E-state index in [0.717, 1.165) is 21.9 Å². The molecule has 3 aromatic rings. The highest BCUT2D eigenvalue weighted by atomic mass is 35.5. The molecule has 0 spiro atoms. The van der Waals surface area contributed by atoms with Crippen LogP contribution in [0, 0.1) is 13.8 Å². The van der Waals surface area contributed by atoms with Crippen LogP contribution in [0.5, 0.6) is 0 Å². The van der Waals surface area contributed by atoms with Crippen LogP contribution in [0.15, 0.2) is 77.7 Å². The fraction of sp³-hybridized carbons (Fsp3) is 0.333. The molecule has 0 fully saturated rings. The van der Waals surface area contributed by atoms with Crippen molar-refractivity contribution >= 4 is 39.1 Å². The molecule has 0 heterocycles. The van der Waals surface area contributed by atoms with Crippen LogP contribution >= 0.6 is 11.6 Å². The molecule has 2 amide bonds. The molecule has 0 aromatic heterocycles. The lowest BCUT2D eigenvalue weighted by Gasteiger charge is -2.32. The summed E-state index contributed by atoms with van der Waals surface area (Å²) >= 11 is 6.41. The standard InChI is InChI=1S/C30H36ClN3O4S/c1-6-23(4)32-30(36)24(5)33(19-25-12-10-11-15-28(25)31)29(35)20-34(26-17-16-21(2)22(3)18-26)39(37,38)27-13-8-7-9-14-27/h7-18,23-24H,6,19-20H2,1-5H3,(H,32,36). The largest absolute Gasteiger partial charge is 0.352 e. The Morgan fingerprint density at radius 1 is 0.923 bits per heavy atom. The fourth-order valence-electron chi connectivity index (χ4n) is 3.99. The van der Waals surface area contributed by atoms with Gasteiger partial charge in [-0.25, -0.2) is 8.42 Å². The van der Waals surface area contributed by atoms with E-state index in [1.807, 2.05) is 33.8 Å². The molecule has 0 bridgehead atoms. The average Bonchev–Trinajstić information content (AvgIpc) is 2.92. The molecule has 2 unspecified atom stereocenters. The molecular formula is C30H36ClN3O4S. The van der Waals surface area contributed by atoms with E-state index in [2.05, 4.69) is 5.32 Å². The van der Waals surface area contributed by atoms with Crippen LogP contribution in [0.2, 0.25) is 5.02 Å². The molecule has 0 saturated carbocycles. The van der Waals surface area contributed by atoms with Crippen LogP contribution < -0.4 is 9.62 Å². The summed E-state index contributed by atoms with van der Waals surface area (Å²) in [6.45, 7) is 8.85. The molecule has 0 aliphatic carbocycles. The minimum Gasteiger partial charge on any atom is -0.352 e. The van der Waals surface area contributed by atoms with E-state index >= 15 is 0 Å². The second kappa shape index (κ2) is 13.1. The van der Waals surface area contributed by atoms with Crippen LogP contribution in [0.1, 0.15) is 43.9 Å². The number of carbonyl (C=O) groups excluding carboxylic acids is 2. The molecule has 208 valence electrons. The van der Waals surface area contributed by atoms with Crippen molar-refractivity contribution in [3.8, 4) is 0 Å². The summed E-state index contributed by atoms with van der Waals surface area (Å²) in [4.78, 5) is 28.5. The Hall–Kier alpha value is -3.36. The third kappa shape index (κ3) is 7.40. The average molecular weight is 570 g/mol. The molecule has 0 aliphatic heterocycles. The Kier molecular flexibility index (Phi) is 10.2. The quantitative estimate of drug-likeness (QED) is 0.331. The summed E-state index contributed by atoms with van der Waals surface area (Å²) < 4.78 is 28.8. The predicted molar refractivity (Wildman–Crippen MR) is 156 cm³/mol. The van der Waals surface area contributed by atoms with E-state index in [-0.39, 0.29) is 23.4 Å². The van der Waals surface area contributed by atoms with E-state index < -0.39 is 28.5 Å². The lowest BCUT2D eigenvalue weighted by atomic mass is 10.1. The zero-order chi connectivity index (χ0) is 28.7. The lowest BCUT2D eigenvalue weighted by molar-refractivity contribution is -0.139. The minimum atomic E-state index is -4.10. The second-order valence-electron chi connectivity index (χ2n) is 9.70. The smallest absolute Gasteiger partial charge is 0.264 e. The topological polar surface area (TPSA) is 86.8 Å². The normalized spacial score (nSPS) is 12.9. The van der Waals surface area contributed by atoms with E-state index in [1.54, 1.807) is 61.5 Å². The minimum absolute atomic E-state index is 0.0414. The van der Waals surface area contributed by atoms with Gasteiger partial charge < -0.3 is 10.2 Å². The molecule has 0 aliphatic rings. The number of hydrogen-bond acceptors (Lipinski definition) is 4. The van der Waals surface area contributed by atoms with Gasteiger partial charge in [0.05, 0.1) is 10.6 Å². The van der Waals surface area contributed by atoms with Crippen LogP contribution in [0.3, 0.4) is 0 Å². The Balaban J connectivity index is 2.05. The van der Waals surface area contributed by atoms with Gasteiger partial charge in [-0.3, -0.25) is 13.9 Å². The number of hydrogen-bond donors (Lipinski definition) is 1. The number of anilines is 1. The van der Waals surface area contributed by atoms with Gasteiger partial charge in [0, 0.05) is 17.6 Å². The van der Waals surface area contributed by atoms with Crippen molar-refractivity contribution in [2.75, 3.05) is 10.8 Å². The van der Waals surface area contributed by atoms with Crippen molar-refractivity contribution in [3.05, 3.63) is 94.5 Å². The van der Waals surface area contributed by atoms with E-state index in [1.165, 1.54) is 17.0 Å². The van der Waals surface area contributed by atoms with Gasteiger partial charge in [0.2, 0.25) is 11.8 Å². The van der Waals surface area contributed by atoms with E-state index in [9.17, 15) is 18.0 Å². The first kappa shape index (κ1) is 30.2. The third-order valence-corrected chi connectivity index (χ3v) is 9.01. The fourth-order valence-corrected chi connectivity index (χ4v) is 5.61. The number of nitrogens with zero attached hydrogens (tertiary/aromatic N) is 2. The van der Waals surface area contributed by atoms with E-state index in [0.29, 0.717) is 16.3 Å². The van der Waals surface area contributed by atoms with Gasteiger partial charge >= 0.3 is 0 Å². The molecule has 7 nitrogen and oxygen atoms in total. The highest BCUT2D eigenvalue weighted by Crippen LogP contribution is 2.27. The Morgan fingerprint density at radius 3 is 2.18 bits per heavy atom. The van der Waals surface area contributed by atoms with Gasteiger partial charge in [-0.05, 0) is 81.1 Å². The highest BCUT2D eigenvalue weighted by Gasteiger charge is 2.33. The number of benzene rings is 3. The number of nitrogens with one attached hydrogen (secondary N) is 1. The summed E-state index contributed by atoms with van der Waals surface area (Å²) in [6.07, 6.45) is 0.729. The summed E-state index contributed by atoms with van der Waals surface area (Å²) in [5.41, 5.74) is 2.91. The van der Waals surface area contributed by atoms with Crippen molar-refractivity contribution in [1.29, 1.82) is 0 Å². The highest BCUT2D eigenvalue weighted by molar-refractivity contribution is 7.92. The van der Waals surface area contributed by atoms with Gasteiger partial charge in [0.1, 0.15) is 12.6 Å². The zero-order valence-corrected chi connectivity index (χ0v) is 24.6. The maximum Gasteiger partial charge on any atom is 0.264 e. The molecule has 39 heavy (non-hydrogen) atoms. The molecule has 3 aromatic carbocycles. The van der Waals surface area contributed by atoms with Crippen molar-refractivity contribution in [1.82, 2.24) is 10.2 Å². The molecule has 0 saturated heterocycles.